The Bertz CT molecular complexity index is 531. The van der Waals surface area contributed by atoms with Gasteiger partial charge in [-0.05, 0) is 37.1 Å². The Balaban J connectivity index is 2.27. The highest BCUT2D eigenvalue weighted by molar-refractivity contribution is 5.38. The van der Waals surface area contributed by atoms with Crippen molar-refractivity contribution in [3.8, 4) is 5.69 Å². The average Bonchev–Trinajstić information content (AvgIpc) is 2.97. The molecule has 0 aliphatic carbocycles. The fourth-order valence-electron chi connectivity index (χ4n) is 2.54. The average molecular weight is 271 g/mol. The van der Waals surface area contributed by atoms with E-state index in [2.05, 4.69) is 59.9 Å². The van der Waals surface area contributed by atoms with Gasteiger partial charge in [0.05, 0.1) is 0 Å². The number of hydrogen-bond donors (Lipinski definition) is 1. The fourth-order valence-corrected chi connectivity index (χ4v) is 2.54. The molecule has 0 fully saturated rings. The van der Waals surface area contributed by atoms with Gasteiger partial charge in [0.1, 0.15) is 5.82 Å². The van der Waals surface area contributed by atoms with Gasteiger partial charge in [-0.25, -0.2) is 4.98 Å². The topological polar surface area (TPSA) is 29.9 Å². The molecular weight excluding hydrogens is 246 g/mol. The molecular formula is C17H25N3. The second-order valence-corrected chi connectivity index (χ2v) is 5.08. The van der Waals surface area contributed by atoms with Crippen LogP contribution in [0, 0.1) is 0 Å². The van der Waals surface area contributed by atoms with Crippen molar-refractivity contribution in [1.29, 1.82) is 0 Å². The van der Waals surface area contributed by atoms with Crippen LogP contribution in [0.3, 0.4) is 0 Å². The maximum absolute atomic E-state index is 4.40. The molecule has 0 aliphatic rings. The molecule has 1 heterocycles. The standard InChI is InChI=1S/C17H25N3/c1-4-10-18-16(5-2)14-8-7-9-15(13-14)20-12-11-19-17(20)6-3/h7-9,11-13,16,18H,4-6,10H2,1-3H3. The molecule has 3 heteroatoms. The highest BCUT2D eigenvalue weighted by atomic mass is 15.1. The van der Waals surface area contributed by atoms with E-state index in [1.54, 1.807) is 0 Å². The molecule has 1 atom stereocenters. The zero-order valence-electron chi connectivity index (χ0n) is 12.8. The molecule has 0 saturated carbocycles. The minimum absolute atomic E-state index is 0.434. The van der Waals surface area contributed by atoms with Crippen LogP contribution in [0.2, 0.25) is 0 Å². The lowest BCUT2D eigenvalue weighted by Crippen LogP contribution is -2.21. The first-order valence-corrected chi connectivity index (χ1v) is 7.66. The minimum Gasteiger partial charge on any atom is -0.310 e. The van der Waals surface area contributed by atoms with Crippen LogP contribution in [0.5, 0.6) is 0 Å². The predicted molar refractivity (Wildman–Crippen MR) is 84.3 cm³/mol. The van der Waals surface area contributed by atoms with Crippen molar-refractivity contribution in [3.63, 3.8) is 0 Å². The summed E-state index contributed by atoms with van der Waals surface area (Å²) >= 11 is 0. The Morgan fingerprint density at radius 3 is 2.80 bits per heavy atom. The maximum Gasteiger partial charge on any atom is 0.112 e. The van der Waals surface area contributed by atoms with Gasteiger partial charge in [0.25, 0.3) is 0 Å². The summed E-state index contributed by atoms with van der Waals surface area (Å²) < 4.78 is 2.18. The Hall–Kier alpha value is -1.61. The third kappa shape index (κ3) is 3.28. The van der Waals surface area contributed by atoms with Crippen molar-refractivity contribution in [2.75, 3.05) is 6.54 Å². The van der Waals surface area contributed by atoms with Crippen LogP contribution in [0.4, 0.5) is 0 Å². The maximum atomic E-state index is 4.40. The summed E-state index contributed by atoms with van der Waals surface area (Å²) in [6.45, 7) is 7.64. The summed E-state index contributed by atoms with van der Waals surface area (Å²) in [6.07, 6.45) is 7.13. The lowest BCUT2D eigenvalue weighted by molar-refractivity contribution is 0.518. The first kappa shape index (κ1) is 14.8. The van der Waals surface area contributed by atoms with E-state index >= 15 is 0 Å². The number of aryl methyl sites for hydroxylation is 1. The van der Waals surface area contributed by atoms with Crippen LogP contribution < -0.4 is 5.32 Å². The normalized spacial score (nSPS) is 12.6. The monoisotopic (exact) mass is 271 g/mol. The van der Waals surface area contributed by atoms with E-state index in [0.29, 0.717) is 6.04 Å². The van der Waals surface area contributed by atoms with Crippen molar-refractivity contribution < 1.29 is 0 Å². The Morgan fingerprint density at radius 2 is 2.10 bits per heavy atom. The highest BCUT2D eigenvalue weighted by Crippen LogP contribution is 2.20. The molecule has 0 amide bonds. The smallest absolute Gasteiger partial charge is 0.112 e. The summed E-state index contributed by atoms with van der Waals surface area (Å²) in [4.78, 5) is 4.40. The molecule has 1 N–H and O–H groups in total. The van der Waals surface area contributed by atoms with Crippen LogP contribution in [0.15, 0.2) is 36.7 Å². The lowest BCUT2D eigenvalue weighted by Gasteiger charge is -2.18. The van der Waals surface area contributed by atoms with Crippen LogP contribution in [-0.4, -0.2) is 16.1 Å². The van der Waals surface area contributed by atoms with Gasteiger partial charge in [0.2, 0.25) is 0 Å². The third-order valence-corrected chi connectivity index (χ3v) is 3.63. The van der Waals surface area contributed by atoms with E-state index in [-0.39, 0.29) is 0 Å². The van der Waals surface area contributed by atoms with Crippen molar-refractivity contribution in [2.24, 2.45) is 0 Å². The number of benzene rings is 1. The van der Waals surface area contributed by atoms with E-state index in [0.717, 1.165) is 31.6 Å². The molecule has 20 heavy (non-hydrogen) atoms. The molecule has 1 aromatic carbocycles. The van der Waals surface area contributed by atoms with E-state index in [9.17, 15) is 0 Å². The highest BCUT2D eigenvalue weighted by Gasteiger charge is 2.10. The molecule has 2 aromatic rings. The fraction of sp³-hybridized carbons (Fsp3) is 0.471. The quantitative estimate of drug-likeness (QED) is 0.828. The first-order valence-electron chi connectivity index (χ1n) is 7.66. The molecule has 1 aromatic heterocycles. The van der Waals surface area contributed by atoms with Crippen LogP contribution in [-0.2, 0) is 6.42 Å². The van der Waals surface area contributed by atoms with Gasteiger partial charge in [-0.15, -0.1) is 0 Å². The van der Waals surface area contributed by atoms with Crippen molar-refractivity contribution >= 4 is 0 Å². The van der Waals surface area contributed by atoms with E-state index in [1.807, 2.05) is 12.4 Å². The minimum atomic E-state index is 0.434. The number of nitrogens with one attached hydrogen (secondary N) is 1. The molecule has 108 valence electrons. The summed E-state index contributed by atoms with van der Waals surface area (Å²) in [6, 6.07) is 9.21. The van der Waals surface area contributed by atoms with Gasteiger partial charge in [0, 0.05) is 30.5 Å². The predicted octanol–water partition coefficient (Wildman–Crippen LogP) is 3.89. The zero-order chi connectivity index (χ0) is 14.4. The summed E-state index contributed by atoms with van der Waals surface area (Å²) in [5.74, 6) is 1.11. The Labute approximate surface area is 122 Å². The molecule has 3 nitrogen and oxygen atoms in total. The summed E-state index contributed by atoms with van der Waals surface area (Å²) in [5.41, 5.74) is 2.56. The van der Waals surface area contributed by atoms with Gasteiger partial charge in [-0.3, -0.25) is 0 Å². The number of nitrogens with zero attached hydrogens (tertiary/aromatic N) is 2. The third-order valence-electron chi connectivity index (χ3n) is 3.63. The second-order valence-electron chi connectivity index (χ2n) is 5.08. The van der Waals surface area contributed by atoms with E-state index < -0.39 is 0 Å². The summed E-state index contributed by atoms with van der Waals surface area (Å²) in [5, 5.41) is 3.61. The van der Waals surface area contributed by atoms with Crippen molar-refractivity contribution in [3.05, 3.63) is 48.0 Å². The Kier molecular flexibility index (Phi) is 5.36. The SMILES string of the molecule is CCCNC(CC)c1cccc(-n2ccnc2CC)c1. The molecule has 0 spiro atoms. The van der Waals surface area contributed by atoms with Crippen molar-refractivity contribution in [1.82, 2.24) is 14.9 Å². The number of imidazole rings is 1. The first-order chi connectivity index (χ1) is 9.80. The molecule has 2 rings (SSSR count). The second kappa shape index (κ2) is 7.25. The number of aromatic nitrogens is 2. The molecule has 0 bridgehead atoms. The van der Waals surface area contributed by atoms with E-state index in [4.69, 9.17) is 0 Å². The van der Waals surface area contributed by atoms with Crippen LogP contribution in [0.25, 0.3) is 5.69 Å². The number of rotatable bonds is 7. The van der Waals surface area contributed by atoms with Gasteiger partial charge >= 0.3 is 0 Å². The van der Waals surface area contributed by atoms with E-state index in [1.165, 1.54) is 11.3 Å². The summed E-state index contributed by atoms with van der Waals surface area (Å²) in [7, 11) is 0. The van der Waals surface area contributed by atoms with Gasteiger partial charge in [-0.2, -0.15) is 0 Å². The van der Waals surface area contributed by atoms with Crippen LogP contribution in [0.1, 0.15) is 51.0 Å². The molecule has 0 aliphatic heterocycles. The largest absolute Gasteiger partial charge is 0.310 e. The van der Waals surface area contributed by atoms with Gasteiger partial charge in [-0.1, -0.05) is 32.9 Å². The molecule has 0 saturated heterocycles. The Morgan fingerprint density at radius 1 is 1.25 bits per heavy atom. The lowest BCUT2D eigenvalue weighted by atomic mass is 10.0. The van der Waals surface area contributed by atoms with Crippen LogP contribution >= 0.6 is 0 Å². The molecule has 1 unspecified atom stereocenters. The number of hydrogen-bond acceptors (Lipinski definition) is 2. The van der Waals surface area contributed by atoms with Gasteiger partial charge < -0.3 is 9.88 Å². The van der Waals surface area contributed by atoms with Gasteiger partial charge in [0.15, 0.2) is 0 Å². The van der Waals surface area contributed by atoms with Crippen molar-refractivity contribution in [2.45, 2.75) is 46.1 Å². The zero-order valence-corrected chi connectivity index (χ0v) is 12.8. The molecule has 0 radical (unpaired) electrons.